The summed E-state index contributed by atoms with van der Waals surface area (Å²) >= 11 is 11.6. The molecule has 18 heavy (non-hydrogen) atoms. The van der Waals surface area contributed by atoms with Crippen molar-refractivity contribution in [1.29, 1.82) is 0 Å². The van der Waals surface area contributed by atoms with Crippen molar-refractivity contribution in [2.45, 2.75) is 24.6 Å². The van der Waals surface area contributed by atoms with Gasteiger partial charge in [-0.05, 0) is 13.8 Å². The molecule has 0 aromatic rings. The third kappa shape index (κ3) is 3.26. The van der Waals surface area contributed by atoms with E-state index in [-0.39, 0.29) is 6.42 Å². The lowest BCUT2D eigenvalue weighted by atomic mass is 10.1. The molecule has 0 heterocycles. The van der Waals surface area contributed by atoms with E-state index in [9.17, 15) is 14.4 Å². The van der Waals surface area contributed by atoms with Gasteiger partial charge < -0.3 is 10.1 Å². The summed E-state index contributed by atoms with van der Waals surface area (Å²) in [6.07, 6.45) is 0.278. The summed E-state index contributed by atoms with van der Waals surface area (Å²) in [6.45, 7) is 3.10. The summed E-state index contributed by atoms with van der Waals surface area (Å²) in [7, 11) is 0. The van der Waals surface area contributed by atoms with E-state index in [1.165, 1.54) is 0 Å². The van der Waals surface area contributed by atoms with Gasteiger partial charge in [-0.3, -0.25) is 14.9 Å². The Hall–Kier alpha value is -1.01. The van der Waals surface area contributed by atoms with Crippen LogP contribution in [0.2, 0.25) is 0 Å². The zero-order valence-corrected chi connectivity index (χ0v) is 11.5. The SMILES string of the molecule is CCNC(=O)NC(=O)COC(=O)[C@@]1(C)CC1(Cl)Cl. The minimum Gasteiger partial charge on any atom is -0.455 e. The number of esters is 1. The number of ether oxygens (including phenoxy) is 1. The summed E-state index contributed by atoms with van der Waals surface area (Å²) in [5.41, 5.74) is -0.984. The van der Waals surface area contributed by atoms with Gasteiger partial charge >= 0.3 is 12.0 Å². The van der Waals surface area contributed by atoms with E-state index in [0.717, 1.165) is 0 Å². The zero-order valence-electron chi connectivity index (χ0n) is 10.0. The number of nitrogens with one attached hydrogen (secondary N) is 2. The fraction of sp³-hybridized carbons (Fsp3) is 0.700. The number of imide groups is 1. The second kappa shape index (κ2) is 5.32. The first-order valence-electron chi connectivity index (χ1n) is 5.35. The lowest BCUT2D eigenvalue weighted by molar-refractivity contribution is -0.153. The third-order valence-electron chi connectivity index (χ3n) is 2.63. The lowest BCUT2D eigenvalue weighted by Crippen LogP contribution is -2.41. The van der Waals surface area contributed by atoms with Crippen LogP contribution < -0.4 is 10.6 Å². The first-order valence-corrected chi connectivity index (χ1v) is 6.11. The summed E-state index contributed by atoms with van der Waals surface area (Å²) in [4.78, 5) is 33.8. The van der Waals surface area contributed by atoms with E-state index in [1.54, 1.807) is 13.8 Å². The number of urea groups is 1. The molecule has 0 aromatic carbocycles. The van der Waals surface area contributed by atoms with Crippen molar-refractivity contribution in [3.05, 3.63) is 0 Å². The Bertz CT molecular complexity index is 386. The summed E-state index contributed by atoms with van der Waals surface area (Å²) in [5.74, 6) is -1.37. The van der Waals surface area contributed by atoms with Crippen LogP contribution in [0.25, 0.3) is 0 Å². The first-order chi connectivity index (χ1) is 8.23. The standard InChI is InChI=1S/C10H14Cl2N2O4/c1-3-13-8(17)14-6(15)4-18-7(16)9(2)5-10(9,11)12/h3-5H2,1-2H3,(H2,13,14,15,17)/t9-/m1/s1. The molecule has 2 N–H and O–H groups in total. The van der Waals surface area contributed by atoms with Crippen molar-refractivity contribution in [3.63, 3.8) is 0 Å². The van der Waals surface area contributed by atoms with Crippen molar-refractivity contribution in [3.8, 4) is 0 Å². The maximum absolute atomic E-state index is 11.6. The second-order valence-corrected chi connectivity index (χ2v) is 5.68. The van der Waals surface area contributed by atoms with Crippen LogP contribution in [0, 0.1) is 5.41 Å². The van der Waals surface area contributed by atoms with Crippen LogP contribution in [0.5, 0.6) is 0 Å². The number of hydrogen-bond acceptors (Lipinski definition) is 4. The average Bonchev–Trinajstić information content (AvgIpc) is 2.76. The first kappa shape index (κ1) is 15.0. The van der Waals surface area contributed by atoms with Crippen LogP contribution in [-0.2, 0) is 14.3 Å². The Balaban J connectivity index is 2.32. The Morgan fingerprint density at radius 2 is 1.89 bits per heavy atom. The molecule has 0 saturated heterocycles. The predicted octanol–water partition coefficient (Wildman–Crippen LogP) is 0.959. The number of carbonyl (C=O) groups is 3. The molecule has 1 aliphatic carbocycles. The lowest BCUT2D eigenvalue weighted by Gasteiger charge is -2.11. The molecule has 0 radical (unpaired) electrons. The van der Waals surface area contributed by atoms with Gasteiger partial charge in [-0.25, -0.2) is 4.79 Å². The predicted molar refractivity (Wildman–Crippen MR) is 65.3 cm³/mol. The van der Waals surface area contributed by atoms with Gasteiger partial charge in [-0.1, -0.05) is 0 Å². The van der Waals surface area contributed by atoms with Crippen molar-refractivity contribution < 1.29 is 19.1 Å². The van der Waals surface area contributed by atoms with E-state index in [1.807, 2.05) is 5.32 Å². The van der Waals surface area contributed by atoms with Crippen LogP contribution in [0.1, 0.15) is 20.3 Å². The topological polar surface area (TPSA) is 84.5 Å². The molecule has 0 bridgehead atoms. The number of halogens is 2. The fourth-order valence-corrected chi connectivity index (χ4v) is 1.97. The molecule has 1 aliphatic rings. The smallest absolute Gasteiger partial charge is 0.321 e. The van der Waals surface area contributed by atoms with Gasteiger partial charge in [0.15, 0.2) is 6.61 Å². The van der Waals surface area contributed by atoms with Crippen LogP contribution >= 0.6 is 23.2 Å². The van der Waals surface area contributed by atoms with E-state index in [2.05, 4.69) is 5.32 Å². The highest BCUT2D eigenvalue weighted by Crippen LogP contribution is 2.64. The normalized spacial score (nSPS) is 24.0. The maximum atomic E-state index is 11.6. The van der Waals surface area contributed by atoms with Crippen LogP contribution in [0.15, 0.2) is 0 Å². The number of amides is 3. The Morgan fingerprint density at radius 1 is 1.33 bits per heavy atom. The second-order valence-electron chi connectivity index (χ2n) is 4.20. The molecule has 8 heteroatoms. The monoisotopic (exact) mass is 296 g/mol. The largest absolute Gasteiger partial charge is 0.455 e. The molecule has 6 nitrogen and oxygen atoms in total. The van der Waals surface area contributed by atoms with E-state index < -0.39 is 34.3 Å². The van der Waals surface area contributed by atoms with Gasteiger partial charge in [0.25, 0.3) is 5.91 Å². The van der Waals surface area contributed by atoms with E-state index in [4.69, 9.17) is 27.9 Å². The maximum Gasteiger partial charge on any atom is 0.321 e. The Labute approximate surface area is 114 Å². The Morgan fingerprint density at radius 3 is 2.33 bits per heavy atom. The van der Waals surface area contributed by atoms with Crippen molar-refractivity contribution >= 4 is 41.1 Å². The van der Waals surface area contributed by atoms with Gasteiger partial charge in [-0.15, -0.1) is 23.2 Å². The van der Waals surface area contributed by atoms with Crippen molar-refractivity contribution in [1.82, 2.24) is 10.6 Å². The van der Waals surface area contributed by atoms with Crippen LogP contribution in [-0.4, -0.2) is 35.4 Å². The molecular weight excluding hydrogens is 283 g/mol. The highest BCUT2D eigenvalue weighted by Gasteiger charge is 2.69. The highest BCUT2D eigenvalue weighted by atomic mass is 35.5. The summed E-state index contributed by atoms with van der Waals surface area (Å²) < 4.78 is 3.61. The van der Waals surface area contributed by atoms with Crippen LogP contribution in [0.4, 0.5) is 4.79 Å². The molecule has 1 atom stereocenters. The van der Waals surface area contributed by atoms with Gasteiger partial charge in [0.05, 0.1) is 0 Å². The quantitative estimate of drug-likeness (QED) is 0.598. The molecule has 1 fully saturated rings. The summed E-state index contributed by atoms with van der Waals surface area (Å²) in [6, 6.07) is -0.639. The molecule has 0 aliphatic heterocycles. The minimum atomic E-state index is -1.14. The fourth-order valence-electron chi connectivity index (χ4n) is 1.28. The van der Waals surface area contributed by atoms with Crippen LogP contribution in [0.3, 0.4) is 0 Å². The molecule has 0 spiro atoms. The molecule has 0 aromatic heterocycles. The number of alkyl halides is 2. The van der Waals surface area contributed by atoms with E-state index >= 15 is 0 Å². The van der Waals surface area contributed by atoms with E-state index in [0.29, 0.717) is 6.54 Å². The molecular formula is C10H14Cl2N2O4. The number of carbonyl (C=O) groups excluding carboxylic acids is 3. The van der Waals surface area contributed by atoms with Crippen molar-refractivity contribution in [2.75, 3.05) is 13.2 Å². The van der Waals surface area contributed by atoms with Gasteiger partial charge in [0.1, 0.15) is 9.75 Å². The molecule has 3 amide bonds. The zero-order chi connectivity index (χ0) is 14.0. The van der Waals surface area contributed by atoms with Gasteiger partial charge in [0.2, 0.25) is 0 Å². The number of rotatable bonds is 4. The molecule has 1 rings (SSSR count). The molecule has 1 saturated carbocycles. The van der Waals surface area contributed by atoms with Gasteiger partial charge in [-0.2, -0.15) is 0 Å². The Kier molecular flexibility index (Phi) is 4.45. The molecule has 102 valence electrons. The average molecular weight is 297 g/mol. The summed E-state index contributed by atoms with van der Waals surface area (Å²) in [5, 5.41) is 4.36. The van der Waals surface area contributed by atoms with Gasteiger partial charge in [0, 0.05) is 13.0 Å². The highest BCUT2D eigenvalue weighted by molar-refractivity contribution is 6.53. The number of hydrogen-bond donors (Lipinski definition) is 2. The van der Waals surface area contributed by atoms with Crippen molar-refractivity contribution in [2.24, 2.45) is 5.41 Å². The third-order valence-corrected chi connectivity index (χ3v) is 3.73. The minimum absolute atomic E-state index is 0.278. The molecule has 0 unspecified atom stereocenters.